The lowest BCUT2D eigenvalue weighted by atomic mass is 10.0. The van der Waals surface area contributed by atoms with Crippen LogP contribution < -0.4 is 4.72 Å². The molecule has 0 aliphatic carbocycles. The van der Waals surface area contributed by atoms with Crippen LogP contribution in [0.4, 0.5) is 0 Å². The summed E-state index contributed by atoms with van der Waals surface area (Å²) in [6.07, 6.45) is 3.53. The van der Waals surface area contributed by atoms with Gasteiger partial charge in [0, 0.05) is 18.9 Å². The average molecular weight is 370 g/mol. The third-order valence-electron chi connectivity index (χ3n) is 4.06. The normalized spacial score (nSPS) is 11.8. The van der Waals surface area contributed by atoms with Crippen molar-refractivity contribution in [1.29, 1.82) is 0 Å². The molecule has 7 heteroatoms. The summed E-state index contributed by atoms with van der Waals surface area (Å²) in [6, 6.07) is 14.5. The molecule has 3 rings (SSSR count). The van der Waals surface area contributed by atoms with Crippen LogP contribution in [0.25, 0.3) is 11.4 Å². The minimum absolute atomic E-state index is 0.262. The maximum Gasteiger partial charge on any atom is 0.240 e. The van der Waals surface area contributed by atoms with E-state index < -0.39 is 10.0 Å². The second-order valence-electron chi connectivity index (χ2n) is 6.30. The number of hydrogen-bond acceptors (Lipinski definition) is 4. The van der Waals surface area contributed by atoms with E-state index in [1.807, 2.05) is 42.6 Å². The van der Waals surface area contributed by atoms with E-state index in [1.54, 1.807) is 23.0 Å². The molecule has 6 nitrogen and oxygen atoms in total. The molecular formula is C19H22N4O2S. The minimum Gasteiger partial charge on any atom is -0.271 e. The molecule has 0 spiro atoms. The molecule has 2 aromatic heterocycles. The quantitative estimate of drug-likeness (QED) is 0.693. The molecule has 0 aliphatic heterocycles. The number of nitrogens with one attached hydrogen (secondary N) is 1. The van der Waals surface area contributed by atoms with Gasteiger partial charge in [-0.25, -0.2) is 13.1 Å². The molecule has 0 radical (unpaired) electrons. The monoisotopic (exact) mass is 370 g/mol. The molecule has 0 saturated carbocycles. The zero-order valence-electron chi connectivity index (χ0n) is 14.8. The van der Waals surface area contributed by atoms with Gasteiger partial charge < -0.3 is 0 Å². The Labute approximate surface area is 154 Å². The Balaban J connectivity index is 1.59. The van der Waals surface area contributed by atoms with E-state index in [0.717, 1.165) is 17.0 Å². The van der Waals surface area contributed by atoms with Crippen LogP contribution in [-0.4, -0.2) is 29.7 Å². The van der Waals surface area contributed by atoms with Gasteiger partial charge >= 0.3 is 0 Å². The molecule has 0 aliphatic rings. The Morgan fingerprint density at radius 2 is 1.81 bits per heavy atom. The first-order chi connectivity index (χ1) is 12.5. The highest BCUT2D eigenvalue weighted by Crippen LogP contribution is 2.17. The predicted molar refractivity (Wildman–Crippen MR) is 101 cm³/mol. The molecule has 0 unspecified atom stereocenters. The van der Waals surface area contributed by atoms with Gasteiger partial charge in [-0.3, -0.25) is 9.67 Å². The summed E-state index contributed by atoms with van der Waals surface area (Å²) < 4.78 is 29.1. The van der Waals surface area contributed by atoms with E-state index in [2.05, 4.69) is 28.7 Å². The fraction of sp³-hybridized carbons (Fsp3) is 0.263. The van der Waals surface area contributed by atoms with Crippen molar-refractivity contribution in [3.8, 4) is 11.4 Å². The molecule has 2 heterocycles. The highest BCUT2D eigenvalue weighted by molar-refractivity contribution is 7.89. The number of nitrogens with zero attached hydrogens (tertiary/aromatic N) is 3. The first kappa shape index (κ1) is 18.3. The number of benzene rings is 1. The highest BCUT2D eigenvalue weighted by atomic mass is 32.2. The summed E-state index contributed by atoms with van der Waals surface area (Å²) in [6.45, 7) is 4.85. The largest absolute Gasteiger partial charge is 0.271 e. The van der Waals surface area contributed by atoms with E-state index in [0.29, 0.717) is 12.5 Å². The van der Waals surface area contributed by atoms with Crippen LogP contribution in [0, 0.1) is 0 Å². The predicted octanol–water partition coefficient (Wildman–Crippen LogP) is 3.05. The third-order valence-corrected chi connectivity index (χ3v) is 5.53. The lowest BCUT2D eigenvalue weighted by Gasteiger charge is -2.09. The standard InChI is InChI=1S/C19H22N4O2S/c1-15(2)16-6-8-17(9-7-16)26(24,25)21-12-14-23-13-10-19(22-23)18-5-3-4-11-20-18/h3-11,13,15,21H,12,14H2,1-2H3. The van der Waals surface area contributed by atoms with E-state index in [9.17, 15) is 8.42 Å². The van der Waals surface area contributed by atoms with Gasteiger partial charge in [-0.05, 0) is 41.8 Å². The summed E-state index contributed by atoms with van der Waals surface area (Å²) >= 11 is 0. The highest BCUT2D eigenvalue weighted by Gasteiger charge is 2.14. The molecule has 1 N–H and O–H groups in total. The first-order valence-electron chi connectivity index (χ1n) is 8.50. The van der Waals surface area contributed by atoms with Crippen molar-refractivity contribution in [2.75, 3.05) is 6.54 Å². The Morgan fingerprint density at radius 3 is 2.46 bits per heavy atom. The molecule has 0 saturated heterocycles. The van der Waals surface area contributed by atoms with Crippen LogP contribution in [0.2, 0.25) is 0 Å². The van der Waals surface area contributed by atoms with Gasteiger partial charge in [0.05, 0.1) is 17.1 Å². The molecule has 3 aromatic rings. The van der Waals surface area contributed by atoms with Crippen molar-refractivity contribution in [3.63, 3.8) is 0 Å². The van der Waals surface area contributed by atoms with E-state index in [1.165, 1.54) is 0 Å². The molecule has 1 aromatic carbocycles. The topological polar surface area (TPSA) is 76.9 Å². The van der Waals surface area contributed by atoms with Crippen molar-refractivity contribution < 1.29 is 8.42 Å². The molecule has 136 valence electrons. The fourth-order valence-electron chi connectivity index (χ4n) is 2.55. The Hall–Kier alpha value is -2.51. The van der Waals surface area contributed by atoms with Crippen LogP contribution >= 0.6 is 0 Å². The van der Waals surface area contributed by atoms with Gasteiger partial charge in [-0.2, -0.15) is 5.10 Å². The van der Waals surface area contributed by atoms with Crippen LogP contribution in [0.1, 0.15) is 25.3 Å². The first-order valence-corrected chi connectivity index (χ1v) is 9.98. The van der Waals surface area contributed by atoms with Crippen molar-refractivity contribution >= 4 is 10.0 Å². The lowest BCUT2D eigenvalue weighted by Crippen LogP contribution is -2.27. The molecule has 0 fully saturated rings. The molecule has 26 heavy (non-hydrogen) atoms. The van der Waals surface area contributed by atoms with Crippen LogP contribution in [0.5, 0.6) is 0 Å². The van der Waals surface area contributed by atoms with E-state index in [4.69, 9.17) is 0 Å². The number of aromatic nitrogens is 3. The Morgan fingerprint density at radius 1 is 1.04 bits per heavy atom. The summed E-state index contributed by atoms with van der Waals surface area (Å²) in [5.41, 5.74) is 2.66. The van der Waals surface area contributed by atoms with Crippen LogP contribution in [0.15, 0.2) is 65.8 Å². The second-order valence-corrected chi connectivity index (χ2v) is 8.07. The maximum atomic E-state index is 12.4. The summed E-state index contributed by atoms with van der Waals surface area (Å²) in [7, 11) is -3.52. The van der Waals surface area contributed by atoms with Crippen molar-refractivity contribution in [2.45, 2.75) is 31.2 Å². The molecular weight excluding hydrogens is 348 g/mol. The van der Waals surface area contributed by atoms with Gasteiger partial charge in [0.2, 0.25) is 10.0 Å². The molecule has 0 atom stereocenters. The van der Waals surface area contributed by atoms with Crippen LogP contribution in [0.3, 0.4) is 0 Å². The third kappa shape index (κ3) is 4.36. The summed E-state index contributed by atoms with van der Waals surface area (Å²) in [4.78, 5) is 4.53. The average Bonchev–Trinajstić information content (AvgIpc) is 3.11. The van der Waals surface area contributed by atoms with Crippen molar-refractivity contribution in [2.24, 2.45) is 0 Å². The number of sulfonamides is 1. The van der Waals surface area contributed by atoms with E-state index >= 15 is 0 Å². The number of pyridine rings is 1. The number of rotatable bonds is 7. The molecule has 0 amide bonds. The fourth-order valence-corrected chi connectivity index (χ4v) is 3.57. The van der Waals surface area contributed by atoms with Crippen molar-refractivity contribution in [1.82, 2.24) is 19.5 Å². The zero-order chi connectivity index (χ0) is 18.6. The van der Waals surface area contributed by atoms with Gasteiger partial charge in [0.1, 0.15) is 5.69 Å². The summed E-state index contributed by atoms with van der Waals surface area (Å²) in [5, 5.41) is 4.42. The maximum absolute atomic E-state index is 12.4. The number of hydrogen-bond donors (Lipinski definition) is 1. The van der Waals surface area contributed by atoms with Gasteiger partial charge in [-0.15, -0.1) is 0 Å². The minimum atomic E-state index is -3.52. The Kier molecular flexibility index (Phi) is 5.49. The van der Waals surface area contributed by atoms with E-state index in [-0.39, 0.29) is 11.4 Å². The van der Waals surface area contributed by atoms with Crippen molar-refractivity contribution in [3.05, 3.63) is 66.5 Å². The molecule has 0 bridgehead atoms. The van der Waals surface area contributed by atoms with Gasteiger partial charge in [0.15, 0.2) is 0 Å². The zero-order valence-corrected chi connectivity index (χ0v) is 15.6. The Bertz CT molecular complexity index is 949. The van der Waals surface area contributed by atoms with Gasteiger partial charge in [-0.1, -0.05) is 32.0 Å². The van der Waals surface area contributed by atoms with Crippen LogP contribution in [-0.2, 0) is 16.6 Å². The SMILES string of the molecule is CC(C)c1ccc(S(=O)(=O)NCCn2ccc(-c3ccccn3)n2)cc1. The lowest BCUT2D eigenvalue weighted by molar-refractivity contribution is 0.561. The smallest absolute Gasteiger partial charge is 0.240 e. The van der Waals surface area contributed by atoms with Gasteiger partial charge in [0.25, 0.3) is 0 Å². The summed E-state index contributed by atoms with van der Waals surface area (Å²) in [5.74, 6) is 0.368. The second kappa shape index (κ2) is 7.80.